The summed E-state index contributed by atoms with van der Waals surface area (Å²) in [5, 5.41) is 15.4. The number of amides is 3. The molecule has 3 atom stereocenters. The van der Waals surface area contributed by atoms with Crippen LogP contribution in [0.3, 0.4) is 0 Å². The molecular weight excluding hydrogens is 981 g/mol. The smallest absolute Gasteiger partial charge is 0.245 e. The minimum atomic E-state index is -1.19. The van der Waals surface area contributed by atoms with Gasteiger partial charge in [0.2, 0.25) is 29.1 Å². The van der Waals surface area contributed by atoms with E-state index in [1.165, 1.54) is 0 Å². The summed E-state index contributed by atoms with van der Waals surface area (Å²) >= 11 is 0. The monoisotopic (exact) mass is 1040 g/mol. The Kier molecular flexibility index (Phi) is 12.8. The number of nitrogens with zero attached hydrogens (tertiary/aromatic N) is 9. The number of ketones is 2. The first kappa shape index (κ1) is 52.2. The highest BCUT2D eigenvalue weighted by Gasteiger charge is 2.59. The van der Waals surface area contributed by atoms with Crippen LogP contribution in [-0.2, 0) is 66.1 Å². The van der Waals surface area contributed by atoms with E-state index in [2.05, 4.69) is 50.3 Å². The number of carbonyl (C=O) groups excluding carboxylic acids is 5. The van der Waals surface area contributed by atoms with Gasteiger partial charge in [0.1, 0.15) is 33.6 Å². The van der Waals surface area contributed by atoms with Crippen molar-refractivity contribution in [1.29, 1.82) is 0 Å². The molecule has 6 aliphatic rings. The number of benzene rings is 3. The third-order valence-electron chi connectivity index (χ3n) is 16.5. The molecule has 1 unspecified atom stereocenters. The van der Waals surface area contributed by atoms with Crippen LogP contribution >= 0.6 is 0 Å². The van der Waals surface area contributed by atoms with E-state index in [4.69, 9.17) is 17.7 Å². The number of hydrogen-bond acceptors (Lipinski definition) is 9. The number of Topliss-reactive ketones (excluding diaryl/α,β-unsaturated/α-hetero) is 2. The first-order valence-electron chi connectivity index (χ1n) is 25.7. The van der Waals surface area contributed by atoms with Gasteiger partial charge >= 0.3 is 0 Å². The molecule has 3 aliphatic heterocycles. The highest BCUT2D eigenvalue weighted by atomic mass is 16.5. The molecule has 3 aromatic carbocycles. The molecule has 3 aliphatic carbocycles. The number of fused-ring (bicyclic) bond motifs is 4. The average molecular weight is 1040 g/mol. The third-order valence-corrected chi connectivity index (χ3v) is 16.5. The minimum Gasteiger partial charge on any atom is -0.360 e. The number of allylic oxidation sites excluding steroid dienone is 2. The molecule has 6 aromatic rings. The molecule has 0 spiro atoms. The van der Waals surface area contributed by atoms with Crippen LogP contribution in [0.5, 0.6) is 0 Å². The fraction of sp³-hybridized carbons (Fsp3) is 0.290. The predicted octanol–water partition coefficient (Wildman–Crippen LogP) is 8.59. The van der Waals surface area contributed by atoms with Gasteiger partial charge in [0.25, 0.3) is 0 Å². The topological polar surface area (TPSA) is 174 Å². The van der Waals surface area contributed by atoms with Crippen LogP contribution in [0, 0.1) is 24.0 Å². The zero-order valence-electron chi connectivity index (χ0n) is 44.7. The highest BCUT2D eigenvalue weighted by Crippen LogP contribution is 2.55. The molecule has 12 rings (SSSR count). The van der Waals surface area contributed by atoms with Gasteiger partial charge in [-0.15, -0.1) is 0 Å². The Balaban J connectivity index is 0.000000133. The fourth-order valence-electron chi connectivity index (χ4n) is 12.7. The van der Waals surface area contributed by atoms with Gasteiger partial charge in [-0.1, -0.05) is 154 Å². The summed E-state index contributed by atoms with van der Waals surface area (Å²) in [4.78, 5) is 77.0. The Morgan fingerprint density at radius 2 is 1.00 bits per heavy atom. The number of aryl methyl sites for hydroxylation is 2. The number of anilines is 2. The maximum absolute atomic E-state index is 14.0. The Morgan fingerprint density at radius 3 is 1.41 bits per heavy atom. The van der Waals surface area contributed by atoms with Gasteiger partial charge < -0.3 is 19.4 Å². The van der Waals surface area contributed by atoms with Crippen LogP contribution in [-0.4, -0.2) is 73.6 Å². The number of aromatic nitrogens is 5. The lowest BCUT2D eigenvalue weighted by Gasteiger charge is -2.48. The lowest BCUT2D eigenvalue weighted by Crippen LogP contribution is -2.57. The molecule has 16 nitrogen and oxygen atoms in total. The van der Waals surface area contributed by atoms with E-state index in [1.807, 2.05) is 103 Å². The highest BCUT2D eigenvalue weighted by molar-refractivity contribution is 6.15. The Hall–Kier alpha value is -9.28. The van der Waals surface area contributed by atoms with Gasteiger partial charge in [0, 0.05) is 67.7 Å². The molecule has 0 saturated heterocycles. The number of rotatable bonds is 5. The van der Waals surface area contributed by atoms with Crippen molar-refractivity contribution in [2.24, 2.45) is 24.9 Å². The normalized spacial score (nSPS) is 24.2. The van der Waals surface area contributed by atoms with Crippen molar-refractivity contribution in [3.63, 3.8) is 0 Å². The number of nitrogens with one attached hydrogen (secondary N) is 1. The Labute approximate surface area is 452 Å². The largest absolute Gasteiger partial charge is 0.360 e. The zero-order chi connectivity index (χ0) is 55.6. The SMILES string of the molecule is CC1(C)C2=CCNC(=O)C2(c2ccccc2)Cc2cnoc21.[C-]#[N+]C1=C[C@@]2(c3ccccc3)C(=O)N(c3ccnn3C)CC=C2C(C)(C)C1=O.[C-]#[N+]C1=C[C@]2(c3ccccc3)C(=O)N(c3ccnn3C)CC=C2C(C)(C)C1=O. The summed E-state index contributed by atoms with van der Waals surface area (Å²) in [6, 6.07) is 32.3. The molecule has 6 heterocycles. The molecule has 0 bridgehead atoms. The van der Waals surface area contributed by atoms with Crippen molar-refractivity contribution >= 4 is 40.9 Å². The molecule has 78 heavy (non-hydrogen) atoms. The number of hydrogen-bond donors (Lipinski definition) is 1. The van der Waals surface area contributed by atoms with E-state index in [9.17, 15) is 24.0 Å². The molecule has 16 heteroatoms. The van der Waals surface area contributed by atoms with E-state index >= 15 is 0 Å². The fourth-order valence-corrected chi connectivity index (χ4v) is 12.7. The summed E-state index contributed by atoms with van der Waals surface area (Å²) < 4.78 is 8.81. The van der Waals surface area contributed by atoms with Crippen LogP contribution in [0.1, 0.15) is 69.6 Å². The Bertz CT molecular complexity index is 3530. The second-order valence-corrected chi connectivity index (χ2v) is 21.8. The van der Waals surface area contributed by atoms with Gasteiger partial charge in [-0.3, -0.25) is 33.5 Å². The molecule has 0 fully saturated rings. The van der Waals surface area contributed by atoms with Gasteiger partial charge in [0.05, 0.1) is 31.7 Å². The van der Waals surface area contributed by atoms with Crippen molar-refractivity contribution < 1.29 is 28.5 Å². The lowest BCUT2D eigenvalue weighted by molar-refractivity contribution is -0.127. The van der Waals surface area contributed by atoms with Crippen molar-refractivity contribution in [3.05, 3.63) is 231 Å². The molecule has 1 N–H and O–H groups in total. The van der Waals surface area contributed by atoms with Crippen molar-refractivity contribution in [2.75, 3.05) is 29.4 Å². The number of carbonyl (C=O) groups is 5. The van der Waals surface area contributed by atoms with Crippen LogP contribution in [0.2, 0.25) is 0 Å². The standard InChI is InChI=1S/2C22H20N4O2.C18H18N2O2/c2*1-21(2)17-11-13-26(18-10-12-24-25(18)4)20(28)22(17,14-16(23-3)19(21)27)15-8-6-5-7-9-15;1-17(2)14-8-9-19-16(21)18(14,13-6-4-3-5-7-13)10-12-11-20-22-15(12)17/h2*5-12,14H,13H2,1-2,4H3;3-8,11H,9-10H2,1-2H3,(H,19,21)/t2*22-;/m10./s1. The summed E-state index contributed by atoms with van der Waals surface area (Å²) in [6.45, 7) is 27.7. The average Bonchev–Trinajstić information content (AvgIpc) is 4.34. The maximum Gasteiger partial charge on any atom is 0.245 e. The van der Waals surface area contributed by atoms with Crippen LogP contribution in [0.4, 0.5) is 11.6 Å². The van der Waals surface area contributed by atoms with Gasteiger partial charge in [-0.05, 0) is 53.7 Å². The molecular formula is C62H58N10O6. The minimum absolute atomic E-state index is 0.00575. The first-order valence-corrected chi connectivity index (χ1v) is 25.7. The predicted molar refractivity (Wildman–Crippen MR) is 293 cm³/mol. The van der Waals surface area contributed by atoms with Crippen LogP contribution < -0.4 is 15.1 Å². The van der Waals surface area contributed by atoms with E-state index in [-0.39, 0.29) is 46.1 Å². The summed E-state index contributed by atoms with van der Waals surface area (Å²) in [6.07, 6.45) is 14.8. The summed E-state index contributed by atoms with van der Waals surface area (Å²) in [5.74, 6) is 1.43. The molecule has 0 radical (unpaired) electrons. The second kappa shape index (κ2) is 19.1. The van der Waals surface area contributed by atoms with Crippen LogP contribution in [0.25, 0.3) is 9.69 Å². The van der Waals surface area contributed by atoms with E-state index in [0.717, 1.165) is 44.7 Å². The van der Waals surface area contributed by atoms with E-state index < -0.39 is 27.1 Å². The zero-order valence-corrected chi connectivity index (χ0v) is 44.7. The van der Waals surface area contributed by atoms with Crippen molar-refractivity contribution in [3.8, 4) is 0 Å². The van der Waals surface area contributed by atoms with Gasteiger partial charge in [-0.2, -0.15) is 10.2 Å². The van der Waals surface area contributed by atoms with E-state index in [0.29, 0.717) is 37.7 Å². The summed E-state index contributed by atoms with van der Waals surface area (Å²) in [7, 11) is 3.57. The summed E-state index contributed by atoms with van der Waals surface area (Å²) in [5.41, 5.74) is 0.829. The third kappa shape index (κ3) is 7.68. The molecule has 0 saturated carbocycles. The van der Waals surface area contributed by atoms with Crippen LogP contribution in [0.15, 0.2) is 185 Å². The van der Waals surface area contributed by atoms with Crippen molar-refractivity contribution in [2.45, 2.75) is 69.6 Å². The van der Waals surface area contributed by atoms with Gasteiger partial charge in [0.15, 0.2) is 11.6 Å². The Morgan fingerprint density at radius 1 is 0.564 bits per heavy atom. The van der Waals surface area contributed by atoms with Crippen molar-refractivity contribution in [1.82, 2.24) is 30.0 Å². The first-order chi connectivity index (χ1) is 37.2. The molecule has 3 amide bonds. The molecule has 3 aromatic heterocycles. The lowest BCUT2D eigenvalue weighted by atomic mass is 9.56. The maximum atomic E-state index is 14.0. The van der Waals surface area contributed by atoms with Gasteiger partial charge in [-0.25, -0.2) is 9.69 Å². The van der Waals surface area contributed by atoms with E-state index in [1.54, 1.807) is 104 Å². The second-order valence-electron chi connectivity index (χ2n) is 21.8. The molecule has 392 valence electrons. The quantitative estimate of drug-likeness (QED) is 0.131.